The Kier molecular flexibility index (Phi) is 6.37. The van der Waals surface area contributed by atoms with Crippen LogP contribution < -0.4 is 0 Å². The van der Waals surface area contributed by atoms with Gasteiger partial charge in [0.15, 0.2) is 0 Å². The van der Waals surface area contributed by atoms with Crippen molar-refractivity contribution < 1.29 is 4.39 Å². The van der Waals surface area contributed by atoms with Gasteiger partial charge in [-0.3, -0.25) is 0 Å². The fourth-order valence-corrected chi connectivity index (χ4v) is 2.67. The predicted octanol–water partition coefficient (Wildman–Crippen LogP) is 5.37. The van der Waals surface area contributed by atoms with Crippen LogP contribution in [0.3, 0.4) is 0 Å². The lowest BCUT2D eigenvalue weighted by molar-refractivity contribution is 0.625. The van der Waals surface area contributed by atoms with Crippen molar-refractivity contribution in [2.45, 2.75) is 43.9 Å². The van der Waals surface area contributed by atoms with Crippen LogP contribution in [0.25, 0.3) is 0 Å². The van der Waals surface area contributed by atoms with Crippen molar-refractivity contribution in [2.75, 3.05) is 0 Å². The smallest absolute Gasteiger partial charge is 0.141 e. The summed E-state index contributed by atoms with van der Waals surface area (Å²) in [6.45, 7) is 2.19. The van der Waals surface area contributed by atoms with Gasteiger partial charge in [-0.15, -0.1) is 0 Å². The van der Waals surface area contributed by atoms with E-state index in [1.54, 1.807) is 6.07 Å². The maximum absolute atomic E-state index is 12.9. The topological polar surface area (TPSA) is 0 Å². The van der Waals surface area contributed by atoms with E-state index in [9.17, 15) is 4.39 Å². The molecule has 0 aliphatic rings. The molecule has 0 heterocycles. The summed E-state index contributed by atoms with van der Waals surface area (Å²) >= 11 is 9.37. The number of rotatable bonds is 6. The number of benzene rings is 1. The highest BCUT2D eigenvalue weighted by Crippen LogP contribution is 2.19. The highest BCUT2D eigenvalue weighted by Gasteiger charge is 2.04. The summed E-state index contributed by atoms with van der Waals surface area (Å²) in [7, 11) is 0. The second-order valence-corrected chi connectivity index (χ2v) is 5.73. The Morgan fingerprint density at radius 2 is 2.12 bits per heavy atom. The molecule has 0 spiro atoms. The Morgan fingerprint density at radius 3 is 2.75 bits per heavy atom. The quantitative estimate of drug-likeness (QED) is 0.620. The molecule has 1 rings (SSSR count). The minimum atomic E-state index is -0.338. The van der Waals surface area contributed by atoms with E-state index in [0.29, 0.717) is 4.83 Å². The Morgan fingerprint density at radius 1 is 1.38 bits per heavy atom. The van der Waals surface area contributed by atoms with Crippen LogP contribution in [0.4, 0.5) is 4.39 Å². The van der Waals surface area contributed by atoms with Crippen molar-refractivity contribution in [3.8, 4) is 0 Å². The molecule has 0 saturated heterocycles. The minimum absolute atomic E-state index is 0.224. The van der Waals surface area contributed by atoms with E-state index in [1.165, 1.54) is 18.9 Å². The van der Waals surface area contributed by atoms with E-state index in [-0.39, 0.29) is 10.8 Å². The van der Waals surface area contributed by atoms with Gasteiger partial charge >= 0.3 is 0 Å². The predicted molar refractivity (Wildman–Crippen MR) is 72.0 cm³/mol. The monoisotopic (exact) mass is 306 g/mol. The highest BCUT2D eigenvalue weighted by atomic mass is 79.9. The van der Waals surface area contributed by atoms with E-state index >= 15 is 0 Å². The molecular formula is C13H17BrClF. The van der Waals surface area contributed by atoms with Crippen LogP contribution in [-0.4, -0.2) is 4.83 Å². The lowest BCUT2D eigenvalue weighted by Gasteiger charge is -2.08. The molecule has 0 aliphatic heterocycles. The average Bonchev–Trinajstić information content (AvgIpc) is 2.24. The summed E-state index contributed by atoms with van der Waals surface area (Å²) in [5, 5.41) is 0.224. The molecule has 0 bridgehead atoms. The molecule has 0 amide bonds. The standard InChI is InChI=1S/C13H17BrClF/c1-2-4-11(14)6-3-5-10-7-8-13(16)12(15)9-10/h7-9,11H,2-6H2,1H3. The maximum Gasteiger partial charge on any atom is 0.141 e. The minimum Gasteiger partial charge on any atom is -0.205 e. The molecule has 90 valence electrons. The number of hydrogen-bond donors (Lipinski definition) is 0. The zero-order valence-electron chi connectivity index (χ0n) is 9.48. The van der Waals surface area contributed by atoms with Gasteiger partial charge in [-0.25, -0.2) is 4.39 Å². The fourth-order valence-electron chi connectivity index (χ4n) is 1.68. The van der Waals surface area contributed by atoms with Gasteiger partial charge in [-0.05, 0) is 43.4 Å². The van der Waals surface area contributed by atoms with Crippen LogP contribution in [0, 0.1) is 5.82 Å². The molecule has 1 atom stereocenters. The Labute approximate surface area is 110 Å². The Bertz CT molecular complexity index is 328. The first kappa shape index (κ1) is 14.0. The summed E-state index contributed by atoms with van der Waals surface area (Å²) in [5.74, 6) is -0.338. The van der Waals surface area contributed by atoms with Gasteiger partial charge in [-0.1, -0.05) is 46.9 Å². The van der Waals surface area contributed by atoms with Crippen molar-refractivity contribution in [1.29, 1.82) is 0 Å². The first-order valence-corrected chi connectivity index (χ1v) is 7.01. The van der Waals surface area contributed by atoms with Gasteiger partial charge in [0, 0.05) is 4.83 Å². The molecule has 1 aromatic carbocycles. The van der Waals surface area contributed by atoms with Crippen molar-refractivity contribution in [1.82, 2.24) is 0 Å². The summed E-state index contributed by atoms with van der Waals surface area (Å²) in [6.07, 6.45) is 5.65. The third kappa shape index (κ3) is 4.84. The molecule has 1 aromatic rings. The fraction of sp³-hybridized carbons (Fsp3) is 0.538. The second kappa shape index (κ2) is 7.29. The van der Waals surface area contributed by atoms with Gasteiger partial charge in [0.2, 0.25) is 0 Å². The number of aryl methyl sites for hydroxylation is 1. The van der Waals surface area contributed by atoms with Gasteiger partial charge in [0.1, 0.15) is 5.82 Å². The molecule has 0 saturated carbocycles. The Hall–Kier alpha value is -0.0800. The maximum atomic E-state index is 12.9. The van der Waals surface area contributed by atoms with Crippen LogP contribution in [0.5, 0.6) is 0 Å². The van der Waals surface area contributed by atoms with Crippen LogP contribution in [-0.2, 0) is 6.42 Å². The molecular weight excluding hydrogens is 290 g/mol. The Balaban J connectivity index is 2.34. The van der Waals surface area contributed by atoms with Crippen LogP contribution in [0.1, 0.15) is 38.2 Å². The van der Waals surface area contributed by atoms with Crippen molar-refractivity contribution in [3.63, 3.8) is 0 Å². The SMILES string of the molecule is CCCC(Br)CCCc1ccc(F)c(Cl)c1. The summed E-state index contributed by atoms with van der Waals surface area (Å²) in [4.78, 5) is 0.605. The molecule has 0 nitrogen and oxygen atoms in total. The van der Waals surface area contributed by atoms with E-state index in [1.807, 2.05) is 6.07 Å². The van der Waals surface area contributed by atoms with Gasteiger partial charge in [0.25, 0.3) is 0 Å². The summed E-state index contributed by atoms with van der Waals surface area (Å²) < 4.78 is 12.9. The van der Waals surface area contributed by atoms with Gasteiger partial charge in [-0.2, -0.15) is 0 Å². The third-order valence-electron chi connectivity index (χ3n) is 2.57. The molecule has 0 fully saturated rings. The summed E-state index contributed by atoms with van der Waals surface area (Å²) in [5.41, 5.74) is 1.11. The number of halogens is 3. The highest BCUT2D eigenvalue weighted by molar-refractivity contribution is 9.09. The molecule has 1 unspecified atom stereocenters. The normalized spacial score (nSPS) is 12.8. The average molecular weight is 308 g/mol. The second-order valence-electron chi connectivity index (χ2n) is 4.03. The summed E-state index contributed by atoms with van der Waals surface area (Å²) in [6, 6.07) is 4.97. The van der Waals surface area contributed by atoms with Crippen LogP contribution in [0.2, 0.25) is 5.02 Å². The largest absolute Gasteiger partial charge is 0.205 e. The van der Waals surface area contributed by atoms with E-state index in [0.717, 1.165) is 24.8 Å². The molecule has 0 radical (unpaired) electrons. The van der Waals surface area contributed by atoms with Crippen LogP contribution >= 0.6 is 27.5 Å². The van der Waals surface area contributed by atoms with Crippen molar-refractivity contribution >= 4 is 27.5 Å². The van der Waals surface area contributed by atoms with E-state index in [4.69, 9.17) is 11.6 Å². The van der Waals surface area contributed by atoms with Crippen LogP contribution in [0.15, 0.2) is 18.2 Å². The lowest BCUT2D eigenvalue weighted by Crippen LogP contribution is -1.98. The van der Waals surface area contributed by atoms with E-state index < -0.39 is 0 Å². The third-order valence-corrected chi connectivity index (χ3v) is 3.77. The molecule has 3 heteroatoms. The first-order chi connectivity index (χ1) is 7.63. The lowest BCUT2D eigenvalue weighted by atomic mass is 10.1. The molecule has 0 aliphatic carbocycles. The van der Waals surface area contributed by atoms with Gasteiger partial charge in [0.05, 0.1) is 5.02 Å². The molecule has 0 aromatic heterocycles. The molecule has 16 heavy (non-hydrogen) atoms. The first-order valence-electron chi connectivity index (χ1n) is 5.71. The van der Waals surface area contributed by atoms with E-state index in [2.05, 4.69) is 22.9 Å². The molecule has 0 N–H and O–H groups in total. The van der Waals surface area contributed by atoms with Crippen molar-refractivity contribution in [3.05, 3.63) is 34.6 Å². The zero-order valence-corrected chi connectivity index (χ0v) is 11.8. The number of alkyl halides is 1. The zero-order chi connectivity index (χ0) is 12.0. The van der Waals surface area contributed by atoms with Gasteiger partial charge < -0.3 is 0 Å². The van der Waals surface area contributed by atoms with Crippen molar-refractivity contribution in [2.24, 2.45) is 0 Å². The number of hydrogen-bond acceptors (Lipinski definition) is 0.